The number of aryl methyl sites for hydroxylation is 2. The van der Waals surface area contributed by atoms with Crippen molar-refractivity contribution in [2.24, 2.45) is 0 Å². The summed E-state index contributed by atoms with van der Waals surface area (Å²) in [6.07, 6.45) is 0.840. The fourth-order valence-corrected chi connectivity index (χ4v) is 5.25. The molecule has 5 rings (SSSR count). The summed E-state index contributed by atoms with van der Waals surface area (Å²) in [5.41, 5.74) is 2.78. The van der Waals surface area contributed by atoms with Crippen LogP contribution in [0.1, 0.15) is 46.6 Å². The standard InChI is InChI=1S/C29H32ClN5O6/c1-16-27(17(2)41-34-16)33-29(38)32-20-8-11-24-22(12-20)28(37)35(3)23-10-9-21(40-25(23)15-39-24)13-26(36)31-14-18-4-6-19(30)7-5-18/h4-8,11-12,21,23,25H,9-10,13-15H2,1-3H3,(H,31,36)(H2,32,33,38)/t21-,23+,25+/m1/s1. The summed E-state index contributed by atoms with van der Waals surface area (Å²) in [5.74, 6) is 0.533. The van der Waals surface area contributed by atoms with Gasteiger partial charge in [-0.3, -0.25) is 9.59 Å². The van der Waals surface area contributed by atoms with Crippen molar-refractivity contribution >= 4 is 40.8 Å². The molecule has 12 heteroatoms. The van der Waals surface area contributed by atoms with Gasteiger partial charge in [0.05, 0.1) is 24.1 Å². The number of nitrogens with zero attached hydrogens (tertiary/aromatic N) is 2. The molecular weight excluding hydrogens is 550 g/mol. The number of likely N-dealkylation sites (N-methyl/N-ethyl adjacent to an activating group) is 1. The minimum Gasteiger partial charge on any atom is -0.490 e. The van der Waals surface area contributed by atoms with E-state index in [9.17, 15) is 14.4 Å². The lowest BCUT2D eigenvalue weighted by Crippen LogP contribution is -2.53. The highest BCUT2D eigenvalue weighted by atomic mass is 35.5. The third-order valence-electron chi connectivity index (χ3n) is 7.36. The van der Waals surface area contributed by atoms with E-state index in [4.69, 9.17) is 25.6 Å². The number of anilines is 2. The average Bonchev–Trinajstić information content (AvgIpc) is 3.27. The lowest BCUT2D eigenvalue weighted by molar-refractivity contribution is -0.134. The number of benzene rings is 2. The van der Waals surface area contributed by atoms with Crippen LogP contribution in [0.2, 0.25) is 5.02 Å². The Morgan fingerprint density at radius 2 is 1.88 bits per heavy atom. The maximum absolute atomic E-state index is 13.5. The largest absolute Gasteiger partial charge is 0.490 e. The lowest BCUT2D eigenvalue weighted by Gasteiger charge is -2.42. The topological polar surface area (TPSA) is 135 Å². The molecule has 0 aliphatic carbocycles. The monoisotopic (exact) mass is 581 g/mol. The number of fused-ring (bicyclic) bond motifs is 2. The maximum Gasteiger partial charge on any atom is 0.323 e. The van der Waals surface area contributed by atoms with Crippen molar-refractivity contribution < 1.29 is 28.4 Å². The summed E-state index contributed by atoms with van der Waals surface area (Å²) in [4.78, 5) is 40.3. The molecule has 1 saturated heterocycles. The van der Waals surface area contributed by atoms with Gasteiger partial charge < -0.3 is 34.8 Å². The zero-order valence-electron chi connectivity index (χ0n) is 23.0. The molecular formula is C29H32ClN5O6. The number of hydrogen-bond acceptors (Lipinski definition) is 7. The van der Waals surface area contributed by atoms with Gasteiger partial charge in [0.25, 0.3) is 5.91 Å². The summed E-state index contributed by atoms with van der Waals surface area (Å²) in [5, 5.41) is 12.9. The predicted molar refractivity (Wildman–Crippen MR) is 152 cm³/mol. The molecule has 0 saturated carbocycles. The van der Waals surface area contributed by atoms with Gasteiger partial charge in [-0.05, 0) is 62.6 Å². The van der Waals surface area contributed by atoms with Crippen molar-refractivity contribution in [2.45, 2.75) is 57.9 Å². The molecule has 0 spiro atoms. The number of amides is 4. The Morgan fingerprint density at radius 1 is 1.10 bits per heavy atom. The number of nitrogens with one attached hydrogen (secondary N) is 3. The predicted octanol–water partition coefficient (Wildman–Crippen LogP) is 4.68. The molecule has 0 unspecified atom stereocenters. The summed E-state index contributed by atoms with van der Waals surface area (Å²) < 4.78 is 17.4. The molecule has 3 aromatic rings. The van der Waals surface area contributed by atoms with Gasteiger partial charge in [0.2, 0.25) is 5.91 Å². The summed E-state index contributed by atoms with van der Waals surface area (Å²) in [7, 11) is 1.74. The Morgan fingerprint density at radius 3 is 2.61 bits per heavy atom. The molecule has 41 heavy (non-hydrogen) atoms. The Labute approximate surface area is 242 Å². The number of hydrogen-bond donors (Lipinski definition) is 3. The van der Waals surface area contributed by atoms with Gasteiger partial charge in [-0.15, -0.1) is 0 Å². The number of carbonyl (C=O) groups is 3. The van der Waals surface area contributed by atoms with Crippen LogP contribution < -0.4 is 20.7 Å². The molecule has 2 aliphatic rings. The zero-order valence-corrected chi connectivity index (χ0v) is 23.8. The van der Waals surface area contributed by atoms with Crippen molar-refractivity contribution in [1.29, 1.82) is 0 Å². The van der Waals surface area contributed by atoms with E-state index in [1.807, 2.05) is 12.1 Å². The van der Waals surface area contributed by atoms with Crippen LogP contribution in [0.4, 0.5) is 16.2 Å². The first kappa shape index (κ1) is 28.4. The summed E-state index contributed by atoms with van der Waals surface area (Å²) in [6.45, 7) is 4.06. The van der Waals surface area contributed by atoms with Crippen LogP contribution in [0.5, 0.6) is 5.75 Å². The van der Waals surface area contributed by atoms with E-state index in [2.05, 4.69) is 21.1 Å². The van der Waals surface area contributed by atoms with E-state index in [1.165, 1.54) is 0 Å². The van der Waals surface area contributed by atoms with Gasteiger partial charge in [0.15, 0.2) is 5.76 Å². The van der Waals surface area contributed by atoms with Gasteiger partial charge in [0.1, 0.15) is 29.8 Å². The second-order valence-electron chi connectivity index (χ2n) is 10.3. The van der Waals surface area contributed by atoms with Gasteiger partial charge in [-0.1, -0.05) is 28.9 Å². The number of urea groups is 1. The van der Waals surface area contributed by atoms with Crippen LogP contribution in [0.3, 0.4) is 0 Å². The van der Waals surface area contributed by atoms with Crippen LogP contribution in [-0.4, -0.2) is 59.8 Å². The number of carbonyl (C=O) groups excluding carboxylic acids is 3. The zero-order chi connectivity index (χ0) is 29.1. The van der Waals surface area contributed by atoms with E-state index in [1.54, 1.807) is 56.1 Å². The second kappa shape index (κ2) is 12.2. The number of ether oxygens (including phenoxy) is 2. The number of rotatable bonds is 6. The molecule has 216 valence electrons. The number of aromatic nitrogens is 1. The molecule has 3 N–H and O–H groups in total. The third kappa shape index (κ3) is 6.63. The molecule has 1 fully saturated rings. The maximum atomic E-state index is 13.5. The average molecular weight is 582 g/mol. The highest BCUT2D eigenvalue weighted by Gasteiger charge is 2.39. The van der Waals surface area contributed by atoms with Gasteiger partial charge in [0, 0.05) is 24.3 Å². The molecule has 2 aromatic carbocycles. The first-order chi connectivity index (χ1) is 19.7. The molecule has 2 aliphatic heterocycles. The molecule has 11 nitrogen and oxygen atoms in total. The van der Waals surface area contributed by atoms with Crippen LogP contribution in [0, 0.1) is 13.8 Å². The number of halogens is 1. The van der Waals surface area contributed by atoms with E-state index in [-0.39, 0.29) is 37.0 Å². The first-order valence-electron chi connectivity index (χ1n) is 13.4. The van der Waals surface area contributed by atoms with Crippen molar-refractivity contribution in [3.05, 3.63) is 70.1 Å². The fourth-order valence-electron chi connectivity index (χ4n) is 5.12. The lowest BCUT2D eigenvalue weighted by atomic mass is 9.94. The normalized spacial score (nSPS) is 20.1. The molecule has 3 heterocycles. The van der Waals surface area contributed by atoms with E-state index >= 15 is 0 Å². The molecule has 1 aromatic heterocycles. The highest BCUT2D eigenvalue weighted by molar-refractivity contribution is 6.30. The quantitative estimate of drug-likeness (QED) is 0.385. The van der Waals surface area contributed by atoms with Gasteiger partial charge in [-0.25, -0.2) is 4.79 Å². The first-order valence-corrected chi connectivity index (χ1v) is 13.8. The molecule has 4 amide bonds. The third-order valence-corrected chi connectivity index (χ3v) is 7.61. The van der Waals surface area contributed by atoms with Gasteiger partial charge in [-0.2, -0.15) is 0 Å². The Kier molecular flexibility index (Phi) is 8.46. The van der Waals surface area contributed by atoms with Crippen LogP contribution >= 0.6 is 11.6 Å². The van der Waals surface area contributed by atoms with E-state index in [0.29, 0.717) is 58.6 Å². The minimum atomic E-state index is -0.490. The summed E-state index contributed by atoms with van der Waals surface area (Å²) >= 11 is 5.92. The van der Waals surface area contributed by atoms with E-state index < -0.39 is 12.1 Å². The summed E-state index contributed by atoms with van der Waals surface area (Å²) in [6, 6.07) is 11.5. The smallest absolute Gasteiger partial charge is 0.323 e. The molecule has 3 atom stereocenters. The highest BCUT2D eigenvalue weighted by Crippen LogP contribution is 2.32. The van der Waals surface area contributed by atoms with Crippen LogP contribution in [-0.2, 0) is 16.1 Å². The molecule has 0 radical (unpaired) electrons. The fraction of sp³-hybridized carbons (Fsp3) is 0.379. The van der Waals surface area contributed by atoms with Crippen molar-refractivity contribution in [3.63, 3.8) is 0 Å². The Balaban J connectivity index is 1.20. The second-order valence-corrected chi connectivity index (χ2v) is 10.7. The van der Waals surface area contributed by atoms with Crippen molar-refractivity contribution in [2.75, 3.05) is 24.3 Å². The SMILES string of the molecule is Cc1noc(C)c1NC(=O)Nc1ccc2c(c1)C(=O)N(C)[C@H]1CC[C@H](CC(=O)NCc3ccc(Cl)cc3)O[C@H]1CO2. The van der Waals surface area contributed by atoms with Gasteiger partial charge >= 0.3 is 6.03 Å². The van der Waals surface area contributed by atoms with E-state index in [0.717, 1.165) is 5.56 Å². The van der Waals surface area contributed by atoms with Crippen molar-refractivity contribution in [3.8, 4) is 5.75 Å². The Bertz CT molecular complexity index is 1420. The Hall–Kier alpha value is -4.09. The van der Waals surface area contributed by atoms with Crippen LogP contribution in [0.15, 0.2) is 47.0 Å². The van der Waals surface area contributed by atoms with Crippen molar-refractivity contribution in [1.82, 2.24) is 15.4 Å². The van der Waals surface area contributed by atoms with Crippen LogP contribution in [0.25, 0.3) is 0 Å². The minimum absolute atomic E-state index is 0.108. The molecule has 0 bridgehead atoms.